The standard InChI is InChI=1S/C10H21BrN2O4S/c1-7(2)5-9(11)6-12-18(15,16)13-10(14)17-8(3)4/h7-9,12H,5-6H2,1-4H3,(H,13,14). The molecule has 0 aliphatic carbocycles. The smallest absolute Gasteiger partial charge is 0.422 e. The Morgan fingerprint density at radius 3 is 2.28 bits per heavy atom. The summed E-state index contributed by atoms with van der Waals surface area (Å²) in [6.45, 7) is 7.57. The average Bonchev–Trinajstić information content (AvgIpc) is 2.11. The van der Waals surface area contributed by atoms with Crippen LogP contribution < -0.4 is 9.44 Å². The van der Waals surface area contributed by atoms with Crippen molar-refractivity contribution >= 4 is 32.2 Å². The minimum atomic E-state index is -3.86. The van der Waals surface area contributed by atoms with E-state index in [4.69, 9.17) is 0 Å². The van der Waals surface area contributed by atoms with Crippen LogP contribution in [0.4, 0.5) is 4.79 Å². The van der Waals surface area contributed by atoms with Crippen LogP contribution >= 0.6 is 15.9 Å². The minimum Gasteiger partial charge on any atom is -0.446 e. The van der Waals surface area contributed by atoms with Crippen LogP contribution in [-0.4, -0.2) is 32.0 Å². The van der Waals surface area contributed by atoms with E-state index < -0.39 is 16.3 Å². The predicted molar refractivity (Wildman–Crippen MR) is 73.8 cm³/mol. The minimum absolute atomic E-state index is 0.0233. The lowest BCUT2D eigenvalue weighted by Crippen LogP contribution is -2.43. The monoisotopic (exact) mass is 344 g/mol. The van der Waals surface area contributed by atoms with Crippen LogP contribution in [-0.2, 0) is 14.9 Å². The van der Waals surface area contributed by atoms with Crippen molar-refractivity contribution in [3.05, 3.63) is 0 Å². The first-order valence-corrected chi connectivity index (χ1v) is 8.14. The number of ether oxygens (including phenoxy) is 1. The zero-order chi connectivity index (χ0) is 14.3. The van der Waals surface area contributed by atoms with Crippen LogP contribution in [0.25, 0.3) is 0 Å². The zero-order valence-corrected chi connectivity index (χ0v) is 13.5. The van der Waals surface area contributed by atoms with E-state index in [-0.39, 0.29) is 17.5 Å². The maximum atomic E-state index is 11.5. The molecule has 0 spiro atoms. The quantitative estimate of drug-likeness (QED) is 0.689. The summed E-state index contributed by atoms with van der Waals surface area (Å²) in [5, 5.41) is 0. The lowest BCUT2D eigenvalue weighted by atomic mass is 10.1. The van der Waals surface area contributed by atoms with Gasteiger partial charge in [-0.25, -0.2) is 9.52 Å². The summed E-state index contributed by atoms with van der Waals surface area (Å²) in [6.07, 6.45) is -0.517. The fourth-order valence-electron chi connectivity index (χ4n) is 1.18. The molecule has 0 aliphatic rings. The van der Waals surface area contributed by atoms with Gasteiger partial charge in [0, 0.05) is 11.4 Å². The molecule has 0 aromatic heterocycles. The van der Waals surface area contributed by atoms with E-state index in [2.05, 4.69) is 25.4 Å². The van der Waals surface area contributed by atoms with E-state index in [1.807, 2.05) is 13.8 Å². The van der Waals surface area contributed by atoms with Crippen molar-refractivity contribution in [3.63, 3.8) is 0 Å². The van der Waals surface area contributed by atoms with Gasteiger partial charge in [-0.05, 0) is 26.2 Å². The van der Waals surface area contributed by atoms with Gasteiger partial charge in [0.2, 0.25) is 0 Å². The molecule has 2 N–H and O–H groups in total. The molecule has 0 rings (SSSR count). The molecule has 6 nitrogen and oxygen atoms in total. The molecule has 1 atom stereocenters. The molecule has 0 fully saturated rings. The Hall–Kier alpha value is -0.340. The summed E-state index contributed by atoms with van der Waals surface area (Å²) in [7, 11) is -3.86. The van der Waals surface area contributed by atoms with Crippen molar-refractivity contribution in [2.24, 2.45) is 5.92 Å². The van der Waals surface area contributed by atoms with Crippen LogP contribution in [0.1, 0.15) is 34.1 Å². The highest BCUT2D eigenvalue weighted by atomic mass is 79.9. The molecule has 18 heavy (non-hydrogen) atoms. The van der Waals surface area contributed by atoms with Gasteiger partial charge >= 0.3 is 16.3 Å². The third-order valence-electron chi connectivity index (χ3n) is 1.78. The molecule has 0 radical (unpaired) electrons. The highest BCUT2D eigenvalue weighted by molar-refractivity contribution is 9.09. The molecule has 0 aliphatic heterocycles. The van der Waals surface area contributed by atoms with Crippen LogP contribution in [0.2, 0.25) is 0 Å². The first-order chi connectivity index (χ1) is 8.12. The first-order valence-electron chi connectivity index (χ1n) is 5.74. The molecule has 8 heteroatoms. The van der Waals surface area contributed by atoms with E-state index in [1.54, 1.807) is 18.6 Å². The van der Waals surface area contributed by atoms with E-state index in [1.165, 1.54) is 0 Å². The summed E-state index contributed by atoms with van der Waals surface area (Å²) in [5.74, 6) is 0.456. The molecule has 1 unspecified atom stereocenters. The second-order valence-electron chi connectivity index (χ2n) is 4.63. The number of alkyl halides is 1. The Balaban J connectivity index is 4.12. The molecule has 0 aromatic rings. The Morgan fingerprint density at radius 1 is 1.28 bits per heavy atom. The molecule has 0 heterocycles. The van der Waals surface area contributed by atoms with Crippen LogP contribution in [0.15, 0.2) is 0 Å². The second-order valence-corrected chi connectivity index (χ2v) is 7.43. The Labute approximate surface area is 117 Å². The van der Waals surface area contributed by atoms with Gasteiger partial charge in [0.25, 0.3) is 0 Å². The maximum Gasteiger partial charge on any atom is 0.422 e. The number of carbonyl (C=O) groups excluding carboxylic acids is 1. The number of rotatable bonds is 7. The fourth-order valence-corrected chi connectivity index (χ4v) is 3.06. The fraction of sp³-hybridized carbons (Fsp3) is 0.900. The molecule has 0 saturated carbocycles. The van der Waals surface area contributed by atoms with Crippen LogP contribution in [0, 0.1) is 5.92 Å². The van der Waals surface area contributed by atoms with Crippen LogP contribution in [0.5, 0.6) is 0 Å². The predicted octanol–water partition coefficient (Wildman–Crippen LogP) is 1.76. The topological polar surface area (TPSA) is 84.5 Å². The summed E-state index contributed by atoms with van der Waals surface area (Å²) >= 11 is 3.37. The summed E-state index contributed by atoms with van der Waals surface area (Å²) in [5.41, 5.74) is 0. The van der Waals surface area contributed by atoms with Crippen LogP contribution in [0.3, 0.4) is 0 Å². The van der Waals surface area contributed by atoms with Crippen molar-refractivity contribution in [2.45, 2.75) is 45.0 Å². The lowest BCUT2D eigenvalue weighted by molar-refractivity contribution is 0.121. The van der Waals surface area contributed by atoms with Crippen molar-refractivity contribution in [2.75, 3.05) is 6.54 Å². The number of hydrogen-bond donors (Lipinski definition) is 2. The molecule has 0 bridgehead atoms. The van der Waals surface area contributed by atoms with E-state index in [0.29, 0.717) is 5.92 Å². The number of halogens is 1. The number of hydrogen-bond acceptors (Lipinski definition) is 4. The van der Waals surface area contributed by atoms with Gasteiger partial charge in [-0.2, -0.15) is 13.1 Å². The van der Waals surface area contributed by atoms with Crippen molar-refractivity contribution in [1.29, 1.82) is 0 Å². The zero-order valence-electron chi connectivity index (χ0n) is 11.1. The number of carbonyl (C=O) groups is 1. The Kier molecular flexibility index (Phi) is 7.81. The molecule has 0 saturated heterocycles. The summed E-state index contributed by atoms with van der Waals surface area (Å²) in [6, 6.07) is 0. The SMILES string of the molecule is CC(C)CC(Br)CNS(=O)(=O)NC(=O)OC(C)C. The van der Waals surface area contributed by atoms with Gasteiger partial charge in [-0.3, -0.25) is 0 Å². The van der Waals surface area contributed by atoms with Gasteiger partial charge in [0.05, 0.1) is 6.10 Å². The summed E-state index contributed by atoms with van der Waals surface area (Å²) in [4.78, 5) is 11.2. The average molecular weight is 345 g/mol. The maximum absolute atomic E-state index is 11.5. The third-order valence-corrected chi connectivity index (χ3v) is 3.46. The third kappa shape index (κ3) is 9.67. The number of amides is 1. The molecular weight excluding hydrogens is 324 g/mol. The molecule has 108 valence electrons. The van der Waals surface area contributed by atoms with Crippen molar-refractivity contribution < 1.29 is 17.9 Å². The number of nitrogens with one attached hydrogen (secondary N) is 2. The van der Waals surface area contributed by atoms with Crippen molar-refractivity contribution in [3.8, 4) is 0 Å². The van der Waals surface area contributed by atoms with Gasteiger partial charge in [0.1, 0.15) is 0 Å². The Bertz CT molecular complexity index is 357. The highest BCUT2D eigenvalue weighted by Crippen LogP contribution is 2.11. The van der Waals surface area contributed by atoms with Gasteiger partial charge in [0.15, 0.2) is 0 Å². The van der Waals surface area contributed by atoms with Crippen molar-refractivity contribution in [1.82, 2.24) is 9.44 Å². The first kappa shape index (κ1) is 17.7. The summed E-state index contributed by atoms with van der Waals surface area (Å²) < 4.78 is 31.7. The molecule has 0 aromatic carbocycles. The van der Waals surface area contributed by atoms with Gasteiger partial charge in [-0.15, -0.1) is 0 Å². The van der Waals surface area contributed by atoms with E-state index >= 15 is 0 Å². The molecular formula is C10H21BrN2O4S. The normalized spacial score (nSPS) is 13.7. The second kappa shape index (κ2) is 7.96. The highest BCUT2D eigenvalue weighted by Gasteiger charge is 2.17. The van der Waals surface area contributed by atoms with Gasteiger partial charge in [-0.1, -0.05) is 29.8 Å². The Morgan fingerprint density at radius 2 is 1.83 bits per heavy atom. The van der Waals surface area contributed by atoms with Gasteiger partial charge < -0.3 is 4.74 Å². The largest absolute Gasteiger partial charge is 0.446 e. The van der Waals surface area contributed by atoms with E-state index in [0.717, 1.165) is 6.42 Å². The molecule has 1 amide bonds. The lowest BCUT2D eigenvalue weighted by Gasteiger charge is -2.14. The van der Waals surface area contributed by atoms with E-state index in [9.17, 15) is 13.2 Å².